The highest BCUT2D eigenvalue weighted by Gasteiger charge is 2.09. The average Bonchev–Trinajstić information content (AvgIpc) is 2.40. The second-order valence-electron chi connectivity index (χ2n) is 4.32. The fourth-order valence-electron chi connectivity index (χ4n) is 1.90. The Morgan fingerprint density at radius 3 is 2.61 bits per heavy atom. The lowest BCUT2D eigenvalue weighted by atomic mass is 10.2. The van der Waals surface area contributed by atoms with Crippen LogP contribution in [-0.2, 0) is 0 Å². The molecular formula is C15H19N3. The first kappa shape index (κ1) is 12.6. The molecule has 2 aromatic rings. The third-order valence-electron chi connectivity index (χ3n) is 2.83. The van der Waals surface area contributed by atoms with Gasteiger partial charge in [0.05, 0.1) is 0 Å². The first-order valence-corrected chi connectivity index (χ1v) is 6.26. The summed E-state index contributed by atoms with van der Waals surface area (Å²) in [6.45, 7) is 3.66. The normalized spacial score (nSPS) is 10.3. The Hall–Kier alpha value is -1.87. The number of nitrogens with two attached hydrogens (primary N) is 1. The zero-order chi connectivity index (χ0) is 12.8. The molecule has 3 nitrogen and oxygen atoms in total. The molecule has 1 aromatic carbocycles. The van der Waals surface area contributed by atoms with E-state index in [1.807, 2.05) is 30.5 Å². The molecule has 0 unspecified atom stereocenters. The van der Waals surface area contributed by atoms with E-state index in [1.54, 1.807) is 0 Å². The fraction of sp³-hybridized carbons (Fsp3) is 0.267. The van der Waals surface area contributed by atoms with Gasteiger partial charge in [0.1, 0.15) is 5.82 Å². The van der Waals surface area contributed by atoms with Crippen LogP contribution in [0.4, 0.5) is 11.5 Å². The number of pyridine rings is 1. The summed E-state index contributed by atoms with van der Waals surface area (Å²) in [5.41, 5.74) is 7.99. The van der Waals surface area contributed by atoms with Gasteiger partial charge in [0.15, 0.2) is 0 Å². The summed E-state index contributed by atoms with van der Waals surface area (Å²) in [6.07, 6.45) is 2.80. The van der Waals surface area contributed by atoms with Crippen molar-refractivity contribution in [3.63, 3.8) is 0 Å². The van der Waals surface area contributed by atoms with Gasteiger partial charge in [-0.05, 0) is 49.7 Å². The number of aromatic nitrogens is 1. The first-order valence-electron chi connectivity index (χ1n) is 6.26. The maximum atomic E-state index is 5.62. The number of rotatable bonds is 5. The summed E-state index contributed by atoms with van der Waals surface area (Å²) in [5, 5.41) is 0. The number of hydrogen-bond donors (Lipinski definition) is 1. The molecule has 0 spiro atoms. The number of hydrogen-bond acceptors (Lipinski definition) is 3. The molecule has 0 aliphatic heterocycles. The number of para-hydroxylation sites is 1. The molecule has 0 saturated heterocycles. The van der Waals surface area contributed by atoms with E-state index >= 15 is 0 Å². The molecule has 2 N–H and O–H groups in total. The van der Waals surface area contributed by atoms with Gasteiger partial charge < -0.3 is 10.6 Å². The molecule has 0 fully saturated rings. The van der Waals surface area contributed by atoms with Gasteiger partial charge in [0.2, 0.25) is 0 Å². The minimum Gasteiger partial charge on any atom is -0.330 e. The maximum absolute atomic E-state index is 5.62. The molecule has 18 heavy (non-hydrogen) atoms. The van der Waals surface area contributed by atoms with E-state index in [0.717, 1.165) is 24.5 Å². The fourth-order valence-corrected chi connectivity index (χ4v) is 1.90. The Kier molecular flexibility index (Phi) is 4.31. The van der Waals surface area contributed by atoms with Crippen LogP contribution < -0.4 is 10.6 Å². The van der Waals surface area contributed by atoms with Crippen molar-refractivity contribution in [3.8, 4) is 0 Å². The summed E-state index contributed by atoms with van der Waals surface area (Å²) in [7, 11) is 0. The molecule has 0 bridgehead atoms. The highest BCUT2D eigenvalue weighted by Crippen LogP contribution is 2.23. The van der Waals surface area contributed by atoms with Crippen LogP contribution in [0.1, 0.15) is 12.0 Å². The largest absolute Gasteiger partial charge is 0.330 e. The van der Waals surface area contributed by atoms with E-state index < -0.39 is 0 Å². The Morgan fingerprint density at radius 2 is 1.94 bits per heavy atom. The molecule has 1 aromatic heterocycles. The third kappa shape index (κ3) is 3.08. The molecule has 2 rings (SSSR count). The molecule has 0 amide bonds. The second kappa shape index (κ2) is 6.17. The predicted octanol–water partition coefficient (Wildman–Crippen LogP) is 2.88. The minimum absolute atomic E-state index is 0.690. The van der Waals surface area contributed by atoms with Crippen LogP contribution in [0.2, 0.25) is 0 Å². The van der Waals surface area contributed by atoms with E-state index in [-0.39, 0.29) is 0 Å². The van der Waals surface area contributed by atoms with E-state index in [9.17, 15) is 0 Å². The molecule has 3 heteroatoms. The van der Waals surface area contributed by atoms with Gasteiger partial charge in [-0.15, -0.1) is 0 Å². The SMILES string of the molecule is Cc1ccnc(N(CCCN)c2ccccc2)c1. The summed E-state index contributed by atoms with van der Waals surface area (Å²) >= 11 is 0. The van der Waals surface area contributed by atoms with Crippen molar-refractivity contribution in [1.29, 1.82) is 0 Å². The maximum Gasteiger partial charge on any atom is 0.133 e. The van der Waals surface area contributed by atoms with E-state index in [2.05, 4.69) is 35.0 Å². The number of nitrogens with zero attached hydrogens (tertiary/aromatic N) is 2. The van der Waals surface area contributed by atoms with Crippen molar-refractivity contribution in [2.45, 2.75) is 13.3 Å². The van der Waals surface area contributed by atoms with Gasteiger partial charge in [-0.3, -0.25) is 0 Å². The van der Waals surface area contributed by atoms with E-state index in [4.69, 9.17) is 5.73 Å². The van der Waals surface area contributed by atoms with Crippen molar-refractivity contribution in [2.24, 2.45) is 5.73 Å². The predicted molar refractivity (Wildman–Crippen MR) is 76.1 cm³/mol. The summed E-state index contributed by atoms with van der Waals surface area (Å²) in [4.78, 5) is 6.66. The molecule has 0 atom stereocenters. The molecular weight excluding hydrogens is 222 g/mol. The number of aryl methyl sites for hydroxylation is 1. The van der Waals surface area contributed by atoms with Crippen LogP contribution in [0.25, 0.3) is 0 Å². The van der Waals surface area contributed by atoms with Crippen LogP contribution in [0.5, 0.6) is 0 Å². The Morgan fingerprint density at radius 1 is 1.17 bits per heavy atom. The Labute approximate surface area is 108 Å². The van der Waals surface area contributed by atoms with Crippen molar-refractivity contribution in [1.82, 2.24) is 4.98 Å². The molecule has 1 heterocycles. The second-order valence-corrected chi connectivity index (χ2v) is 4.32. The van der Waals surface area contributed by atoms with Gasteiger partial charge >= 0.3 is 0 Å². The molecule has 0 radical (unpaired) electrons. The first-order chi connectivity index (χ1) is 8.81. The standard InChI is InChI=1S/C15H19N3/c1-13-8-10-17-15(12-13)18(11-5-9-16)14-6-3-2-4-7-14/h2-4,6-8,10,12H,5,9,11,16H2,1H3. The van der Waals surface area contributed by atoms with Gasteiger partial charge in [0.25, 0.3) is 0 Å². The zero-order valence-corrected chi connectivity index (χ0v) is 10.7. The van der Waals surface area contributed by atoms with Crippen molar-refractivity contribution < 1.29 is 0 Å². The van der Waals surface area contributed by atoms with Crippen molar-refractivity contribution >= 4 is 11.5 Å². The molecule has 0 aliphatic rings. The van der Waals surface area contributed by atoms with Crippen LogP contribution in [-0.4, -0.2) is 18.1 Å². The summed E-state index contributed by atoms with van der Waals surface area (Å²) in [5.74, 6) is 0.981. The monoisotopic (exact) mass is 241 g/mol. The van der Waals surface area contributed by atoms with Gasteiger partial charge in [-0.2, -0.15) is 0 Å². The third-order valence-corrected chi connectivity index (χ3v) is 2.83. The molecule has 94 valence electrons. The van der Waals surface area contributed by atoms with Gasteiger partial charge in [-0.25, -0.2) is 4.98 Å². The van der Waals surface area contributed by atoms with Crippen LogP contribution >= 0.6 is 0 Å². The summed E-state index contributed by atoms with van der Waals surface area (Å²) < 4.78 is 0. The molecule has 0 saturated carbocycles. The Bertz CT molecular complexity index is 482. The van der Waals surface area contributed by atoms with E-state index in [0.29, 0.717) is 6.54 Å². The van der Waals surface area contributed by atoms with Crippen LogP contribution in [0.3, 0.4) is 0 Å². The average molecular weight is 241 g/mol. The minimum atomic E-state index is 0.690. The zero-order valence-electron chi connectivity index (χ0n) is 10.7. The smallest absolute Gasteiger partial charge is 0.133 e. The van der Waals surface area contributed by atoms with Gasteiger partial charge in [0, 0.05) is 18.4 Å². The van der Waals surface area contributed by atoms with Gasteiger partial charge in [-0.1, -0.05) is 18.2 Å². The highest BCUT2D eigenvalue weighted by molar-refractivity contribution is 5.60. The van der Waals surface area contributed by atoms with Crippen molar-refractivity contribution in [3.05, 3.63) is 54.2 Å². The lowest BCUT2D eigenvalue weighted by Crippen LogP contribution is -2.21. The lowest BCUT2D eigenvalue weighted by Gasteiger charge is -2.23. The summed E-state index contributed by atoms with van der Waals surface area (Å²) in [6, 6.07) is 14.4. The molecule has 0 aliphatic carbocycles. The quantitative estimate of drug-likeness (QED) is 0.875. The number of anilines is 2. The topological polar surface area (TPSA) is 42.2 Å². The Balaban J connectivity index is 2.31. The van der Waals surface area contributed by atoms with Crippen LogP contribution in [0, 0.1) is 6.92 Å². The highest BCUT2D eigenvalue weighted by atomic mass is 15.2. The van der Waals surface area contributed by atoms with E-state index in [1.165, 1.54) is 5.56 Å². The number of benzene rings is 1. The lowest BCUT2D eigenvalue weighted by molar-refractivity contribution is 0.810. The van der Waals surface area contributed by atoms with Crippen molar-refractivity contribution in [2.75, 3.05) is 18.0 Å². The van der Waals surface area contributed by atoms with Crippen LogP contribution in [0.15, 0.2) is 48.7 Å².